The second kappa shape index (κ2) is 4.90. The van der Waals surface area contributed by atoms with Gasteiger partial charge in [0.2, 0.25) is 0 Å². The summed E-state index contributed by atoms with van der Waals surface area (Å²) in [4.78, 5) is 18.3. The lowest BCUT2D eigenvalue weighted by atomic mass is 10.0. The number of carbonyl (C=O) groups excluding carboxylic acids is 1. The van der Waals surface area contributed by atoms with E-state index in [1.165, 1.54) is 12.4 Å². The van der Waals surface area contributed by atoms with E-state index in [0.717, 1.165) is 5.56 Å². The summed E-state index contributed by atoms with van der Waals surface area (Å²) in [6.45, 7) is 0. The number of nitrogens with two attached hydrogens (primary N) is 1. The average Bonchev–Trinajstić information content (AvgIpc) is 2.95. The SMILES string of the molecule is COc1ccc(-c2cc(F)c(C(N)=O)c3[nH]cnc23)cc1. The first kappa shape index (κ1) is 13.1. The summed E-state index contributed by atoms with van der Waals surface area (Å²) in [7, 11) is 1.57. The quantitative estimate of drug-likeness (QED) is 0.775. The number of methoxy groups -OCH3 is 1. The van der Waals surface area contributed by atoms with Crippen LogP contribution in [0.3, 0.4) is 0 Å². The van der Waals surface area contributed by atoms with Crippen LogP contribution in [0.25, 0.3) is 22.2 Å². The molecule has 0 aliphatic rings. The topological polar surface area (TPSA) is 81.0 Å². The number of aromatic amines is 1. The third kappa shape index (κ3) is 2.10. The standard InChI is InChI=1S/C15H12FN3O2/c1-21-9-4-2-8(3-5-9)10-6-11(16)12(15(17)20)14-13(10)18-7-19-14/h2-7H,1H3,(H2,17,20)(H,18,19). The smallest absolute Gasteiger partial charge is 0.253 e. The van der Waals surface area contributed by atoms with E-state index < -0.39 is 11.7 Å². The van der Waals surface area contributed by atoms with E-state index in [-0.39, 0.29) is 5.56 Å². The fourth-order valence-electron chi connectivity index (χ4n) is 2.31. The van der Waals surface area contributed by atoms with Crippen LogP contribution < -0.4 is 10.5 Å². The normalized spacial score (nSPS) is 10.8. The van der Waals surface area contributed by atoms with Crippen LogP contribution in [0.5, 0.6) is 5.75 Å². The first-order valence-electron chi connectivity index (χ1n) is 6.21. The molecule has 2 aromatic carbocycles. The molecule has 0 radical (unpaired) electrons. The molecule has 0 aliphatic heterocycles. The lowest BCUT2D eigenvalue weighted by Crippen LogP contribution is -2.14. The number of primary amides is 1. The Morgan fingerprint density at radius 1 is 1.33 bits per heavy atom. The maximum atomic E-state index is 14.2. The molecular weight excluding hydrogens is 273 g/mol. The molecule has 21 heavy (non-hydrogen) atoms. The molecule has 0 saturated carbocycles. The van der Waals surface area contributed by atoms with Crippen molar-refractivity contribution in [1.29, 1.82) is 0 Å². The van der Waals surface area contributed by atoms with Crippen molar-refractivity contribution in [2.75, 3.05) is 7.11 Å². The van der Waals surface area contributed by atoms with Gasteiger partial charge in [-0.05, 0) is 23.8 Å². The van der Waals surface area contributed by atoms with E-state index in [9.17, 15) is 9.18 Å². The molecule has 0 saturated heterocycles. The van der Waals surface area contributed by atoms with Crippen molar-refractivity contribution in [2.45, 2.75) is 0 Å². The largest absolute Gasteiger partial charge is 0.497 e. The molecule has 3 aromatic rings. The molecule has 1 aromatic heterocycles. The Kier molecular flexibility index (Phi) is 3.06. The molecule has 0 atom stereocenters. The minimum Gasteiger partial charge on any atom is -0.497 e. The van der Waals surface area contributed by atoms with Crippen LogP contribution in [0.15, 0.2) is 36.7 Å². The van der Waals surface area contributed by atoms with Crippen molar-refractivity contribution in [3.63, 3.8) is 0 Å². The predicted octanol–water partition coefficient (Wildman–Crippen LogP) is 2.48. The van der Waals surface area contributed by atoms with Crippen molar-refractivity contribution in [2.24, 2.45) is 5.73 Å². The summed E-state index contributed by atoms with van der Waals surface area (Å²) in [5.41, 5.74) is 7.18. The van der Waals surface area contributed by atoms with Gasteiger partial charge >= 0.3 is 0 Å². The van der Waals surface area contributed by atoms with E-state index in [2.05, 4.69) is 9.97 Å². The van der Waals surface area contributed by atoms with Gasteiger partial charge < -0.3 is 15.5 Å². The molecule has 0 unspecified atom stereocenters. The Morgan fingerprint density at radius 2 is 2.05 bits per heavy atom. The molecule has 3 N–H and O–H groups in total. The number of ether oxygens (including phenoxy) is 1. The zero-order valence-electron chi connectivity index (χ0n) is 11.2. The number of nitrogens with one attached hydrogen (secondary N) is 1. The highest BCUT2D eigenvalue weighted by atomic mass is 19.1. The minimum atomic E-state index is -0.831. The molecule has 0 aliphatic carbocycles. The van der Waals surface area contributed by atoms with Crippen molar-refractivity contribution in [3.8, 4) is 16.9 Å². The summed E-state index contributed by atoms with van der Waals surface area (Å²) in [6.07, 6.45) is 1.41. The zero-order valence-corrected chi connectivity index (χ0v) is 11.2. The third-order valence-corrected chi connectivity index (χ3v) is 3.30. The highest BCUT2D eigenvalue weighted by molar-refractivity contribution is 6.07. The summed E-state index contributed by atoms with van der Waals surface area (Å²) in [6, 6.07) is 8.41. The number of H-pyrrole nitrogens is 1. The molecule has 0 fully saturated rings. The van der Waals surface area contributed by atoms with Gasteiger partial charge in [-0.15, -0.1) is 0 Å². The maximum absolute atomic E-state index is 14.2. The monoisotopic (exact) mass is 285 g/mol. The number of carbonyl (C=O) groups is 1. The van der Waals surface area contributed by atoms with Gasteiger partial charge in [0.15, 0.2) is 0 Å². The lowest BCUT2D eigenvalue weighted by Gasteiger charge is -2.08. The first-order chi connectivity index (χ1) is 10.1. The Bertz CT molecular complexity index is 825. The molecular formula is C15H12FN3O2. The highest BCUT2D eigenvalue weighted by Gasteiger charge is 2.19. The van der Waals surface area contributed by atoms with Crippen LogP contribution >= 0.6 is 0 Å². The van der Waals surface area contributed by atoms with Crippen LogP contribution in [0.2, 0.25) is 0 Å². The molecule has 1 heterocycles. The van der Waals surface area contributed by atoms with Crippen molar-refractivity contribution in [1.82, 2.24) is 9.97 Å². The highest BCUT2D eigenvalue weighted by Crippen LogP contribution is 2.31. The molecule has 3 rings (SSSR count). The first-order valence-corrected chi connectivity index (χ1v) is 6.21. The number of hydrogen-bond donors (Lipinski definition) is 2. The van der Waals surface area contributed by atoms with E-state index in [0.29, 0.717) is 22.3 Å². The van der Waals surface area contributed by atoms with Gasteiger partial charge in [-0.3, -0.25) is 4.79 Å². The number of benzene rings is 2. The van der Waals surface area contributed by atoms with Gasteiger partial charge in [-0.1, -0.05) is 12.1 Å². The van der Waals surface area contributed by atoms with Crippen LogP contribution in [0.4, 0.5) is 4.39 Å². The number of amides is 1. The van der Waals surface area contributed by atoms with Gasteiger partial charge in [0.05, 0.1) is 24.5 Å². The summed E-state index contributed by atoms with van der Waals surface area (Å²) >= 11 is 0. The molecule has 5 nitrogen and oxygen atoms in total. The van der Waals surface area contributed by atoms with E-state index in [1.807, 2.05) is 0 Å². The number of hydrogen-bond acceptors (Lipinski definition) is 3. The van der Waals surface area contributed by atoms with Gasteiger partial charge in [0, 0.05) is 5.56 Å². The second-order valence-corrected chi connectivity index (χ2v) is 4.50. The molecule has 106 valence electrons. The lowest BCUT2D eigenvalue weighted by molar-refractivity contribution is 0.0998. The van der Waals surface area contributed by atoms with Crippen molar-refractivity contribution >= 4 is 16.9 Å². The Balaban J connectivity index is 2.26. The van der Waals surface area contributed by atoms with Gasteiger partial charge in [-0.25, -0.2) is 9.37 Å². The molecule has 0 spiro atoms. The van der Waals surface area contributed by atoms with Crippen LogP contribution in [0.1, 0.15) is 10.4 Å². The number of imidazole rings is 1. The summed E-state index contributed by atoms with van der Waals surface area (Å²) < 4.78 is 19.3. The Hall–Kier alpha value is -2.89. The minimum absolute atomic E-state index is 0.181. The number of rotatable bonds is 3. The maximum Gasteiger partial charge on any atom is 0.253 e. The average molecular weight is 285 g/mol. The van der Waals surface area contributed by atoms with Crippen molar-refractivity contribution < 1.29 is 13.9 Å². The molecule has 6 heteroatoms. The summed E-state index contributed by atoms with van der Waals surface area (Å²) in [5.74, 6) is -0.806. The van der Waals surface area contributed by atoms with E-state index in [4.69, 9.17) is 10.5 Å². The third-order valence-electron chi connectivity index (χ3n) is 3.30. The molecule has 1 amide bonds. The zero-order chi connectivity index (χ0) is 15.0. The Morgan fingerprint density at radius 3 is 2.67 bits per heavy atom. The predicted molar refractivity (Wildman–Crippen MR) is 76.6 cm³/mol. The van der Waals surface area contributed by atoms with Crippen LogP contribution in [-0.4, -0.2) is 23.0 Å². The van der Waals surface area contributed by atoms with E-state index in [1.54, 1.807) is 31.4 Å². The number of nitrogens with zero attached hydrogens (tertiary/aromatic N) is 1. The fourth-order valence-corrected chi connectivity index (χ4v) is 2.31. The van der Waals surface area contributed by atoms with E-state index >= 15 is 0 Å². The Labute approximate surface area is 119 Å². The summed E-state index contributed by atoms with van der Waals surface area (Å²) in [5, 5.41) is 0. The van der Waals surface area contributed by atoms with Gasteiger partial charge in [0.1, 0.15) is 17.1 Å². The second-order valence-electron chi connectivity index (χ2n) is 4.50. The fraction of sp³-hybridized carbons (Fsp3) is 0.0667. The van der Waals surface area contributed by atoms with Crippen molar-refractivity contribution in [3.05, 3.63) is 48.0 Å². The van der Waals surface area contributed by atoms with Crippen LogP contribution in [-0.2, 0) is 0 Å². The van der Waals surface area contributed by atoms with Gasteiger partial charge in [0.25, 0.3) is 5.91 Å². The number of halogens is 1. The number of fused-ring (bicyclic) bond motifs is 1. The molecule has 0 bridgehead atoms. The number of aromatic nitrogens is 2. The van der Waals surface area contributed by atoms with Gasteiger partial charge in [-0.2, -0.15) is 0 Å². The van der Waals surface area contributed by atoms with Crippen LogP contribution in [0, 0.1) is 5.82 Å².